The van der Waals surface area contributed by atoms with Gasteiger partial charge in [0.05, 0.1) is 12.0 Å². The number of rotatable bonds is 3. The molecular weight excluding hydrogens is 148 g/mol. The van der Waals surface area contributed by atoms with E-state index in [0.29, 0.717) is 6.04 Å². The minimum absolute atomic E-state index is 0.221. The van der Waals surface area contributed by atoms with Crippen LogP contribution in [0.1, 0.15) is 25.7 Å². The van der Waals surface area contributed by atoms with Gasteiger partial charge in [0, 0.05) is 12.6 Å². The Morgan fingerprint density at radius 1 is 1.50 bits per heavy atom. The van der Waals surface area contributed by atoms with Crippen LogP contribution in [-0.4, -0.2) is 12.6 Å². The maximum Gasteiger partial charge on any atom is 0.0672 e. The zero-order valence-corrected chi connectivity index (χ0v) is 7.42. The summed E-state index contributed by atoms with van der Waals surface area (Å²) in [6.45, 7) is 4.47. The molecule has 0 aromatic heterocycles. The lowest BCUT2D eigenvalue weighted by atomic mass is 9.85. The molecule has 2 heteroatoms. The zero-order valence-electron chi connectivity index (χ0n) is 7.42. The van der Waals surface area contributed by atoms with Gasteiger partial charge in [-0.05, 0) is 12.8 Å². The third-order valence-corrected chi connectivity index (χ3v) is 2.46. The molecule has 2 unspecified atom stereocenters. The van der Waals surface area contributed by atoms with E-state index in [0.717, 1.165) is 19.4 Å². The largest absolute Gasteiger partial charge is 0.309 e. The third-order valence-electron chi connectivity index (χ3n) is 2.46. The topological polar surface area (TPSA) is 35.8 Å². The fourth-order valence-electron chi connectivity index (χ4n) is 1.76. The van der Waals surface area contributed by atoms with E-state index in [-0.39, 0.29) is 5.92 Å². The van der Waals surface area contributed by atoms with Gasteiger partial charge in [-0.15, -0.1) is 6.58 Å². The Kier molecular flexibility index (Phi) is 3.83. The molecular formula is C10H16N2. The predicted octanol–water partition coefficient (Wildman–Crippen LogP) is 1.84. The van der Waals surface area contributed by atoms with Gasteiger partial charge in [-0.25, -0.2) is 0 Å². The molecule has 1 aliphatic rings. The number of hydrogen-bond acceptors (Lipinski definition) is 2. The number of nitrogens with zero attached hydrogens (tertiary/aromatic N) is 1. The van der Waals surface area contributed by atoms with Gasteiger partial charge in [0.1, 0.15) is 0 Å². The van der Waals surface area contributed by atoms with Gasteiger partial charge >= 0.3 is 0 Å². The Labute approximate surface area is 74.3 Å². The van der Waals surface area contributed by atoms with E-state index in [2.05, 4.69) is 18.0 Å². The summed E-state index contributed by atoms with van der Waals surface area (Å²) in [7, 11) is 0. The smallest absolute Gasteiger partial charge is 0.0672 e. The van der Waals surface area contributed by atoms with Gasteiger partial charge < -0.3 is 5.32 Å². The van der Waals surface area contributed by atoms with Crippen LogP contribution in [0, 0.1) is 17.2 Å². The lowest BCUT2D eigenvalue weighted by molar-refractivity contribution is 0.321. The molecule has 2 atom stereocenters. The molecule has 1 fully saturated rings. The van der Waals surface area contributed by atoms with E-state index < -0.39 is 0 Å². The second-order valence-corrected chi connectivity index (χ2v) is 3.32. The van der Waals surface area contributed by atoms with Crippen molar-refractivity contribution in [1.29, 1.82) is 5.26 Å². The van der Waals surface area contributed by atoms with Crippen LogP contribution in [-0.2, 0) is 0 Å². The lowest BCUT2D eigenvalue weighted by Crippen LogP contribution is -2.37. The molecule has 2 nitrogen and oxygen atoms in total. The van der Waals surface area contributed by atoms with Gasteiger partial charge in [-0.2, -0.15) is 5.26 Å². The van der Waals surface area contributed by atoms with Crippen molar-refractivity contribution in [3.63, 3.8) is 0 Å². The van der Waals surface area contributed by atoms with Crippen molar-refractivity contribution in [1.82, 2.24) is 5.32 Å². The molecule has 0 bridgehead atoms. The Balaban J connectivity index is 2.37. The Morgan fingerprint density at radius 2 is 2.25 bits per heavy atom. The van der Waals surface area contributed by atoms with Crippen molar-refractivity contribution in [2.75, 3.05) is 6.54 Å². The van der Waals surface area contributed by atoms with Gasteiger partial charge in [0.15, 0.2) is 0 Å². The van der Waals surface area contributed by atoms with Crippen LogP contribution in [0.15, 0.2) is 12.7 Å². The van der Waals surface area contributed by atoms with Crippen LogP contribution in [0.5, 0.6) is 0 Å². The Bertz CT molecular complexity index is 181. The molecule has 1 rings (SSSR count). The van der Waals surface area contributed by atoms with Gasteiger partial charge in [0.25, 0.3) is 0 Å². The molecule has 0 aromatic rings. The highest BCUT2D eigenvalue weighted by Crippen LogP contribution is 2.23. The van der Waals surface area contributed by atoms with Crippen molar-refractivity contribution < 1.29 is 0 Å². The van der Waals surface area contributed by atoms with Crippen LogP contribution in [0.25, 0.3) is 0 Å². The summed E-state index contributed by atoms with van der Waals surface area (Å²) in [5, 5.41) is 12.2. The van der Waals surface area contributed by atoms with Gasteiger partial charge in [-0.1, -0.05) is 18.9 Å². The molecule has 1 saturated carbocycles. The third kappa shape index (κ3) is 2.35. The first-order valence-corrected chi connectivity index (χ1v) is 4.62. The van der Waals surface area contributed by atoms with E-state index >= 15 is 0 Å². The minimum Gasteiger partial charge on any atom is -0.309 e. The van der Waals surface area contributed by atoms with Crippen molar-refractivity contribution in [3.05, 3.63) is 12.7 Å². The average molecular weight is 164 g/mol. The fraction of sp³-hybridized carbons (Fsp3) is 0.700. The summed E-state index contributed by atoms with van der Waals surface area (Å²) < 4.78 is 0. The van der Waals surface area contributed by atoms with Crippen molar-refractivity contribution in [2.45, 2.75) is 31.7 Å². The van der Waals surface area contributed by atoms with Crippen LogP contribution in [0.3, 0.4) is 0 Å². The molecule has 0 aromatic carbocycles. The van der Waals surface area contributed by atoms with Gasteiger partial charge in [-0.3, -0.25) is 0 Å². The summed E-state index contributed by atoms with van der Waals surface area (Å²) in [4.78, 5) is 0. The van der Waals surface area contributed by atoms with Crippen molar-refractivity contribution in [2.24, 2.45) is 5.92 Å². The summed E-state index contributed by atoms with van der Waals surface area (Å²) in [6, 6.07) is 2.77. The maximum absolute atomic E-state index is 8.84. The van der Waals surface area contributed by atoms with E-state index in [4.69, 9.17) is 5.26 Å². The molecule has 1 aliphatic carbocycles. The summed E-state index contributed by atoms with van der Waals surface area (Å²) in [6.07, 6.45) is 6.53. The highest BCUT2D eigenvalue weighted by atomic mass is 14.9. The highest BCUT2D eigenvalue weighted by molar-refractivity contribution is 4.95. The molecule has 0 spiro atoms. The van der Waals surface area contributed by atoms with Gasteiger partial charge in [0.2, 0.25) is 0 Å². The van der Waals surface area contributed by atoms with Crippen LogP contribution in [0.2, 0.25) is 0 Å². The molecule has 0 amide bonds. The zero-order chi connectivity index (χ0) is 8.81. The van der Waals surface area contributed by atoms with Crippen LogP contribution >= 0.6 is 0 Å². The average Bonchev–Trinajstić information content (AvgIpc) is 2.15. The number of nitrogens with one attached hydrogen (secondary N) is 1. The van der Waals surface area contributed by atoms with Crippen molar-refractivity contribution in [3.8, 4) is 6.07 Å². The normalized spacial score (nSPS) is 29.2. The number of nitriles is 1. The molecule has 1 N–H and O–H groups in total. The summed E-state index contributed by atoms with van der Waals surface area (Å²) in [5.41, 5.74) is 0. The van der Waals surface area contributed by atoms with E-state index in [1.54, 1.807) is 0 Å². The van der Waals surface area contributed by atoms with Crippen LogP contribution < -0.4 is 5.32 Å². The Morgan fingerprint density at radius 3 is 2.92 bits per heavy atom. The van der Waals surface area contributed by atoms with Crippen LogP contribution in [0.4, 0.5) is 0 Å². The van der Waals surface area contributed by atoms with Crippen molar-refractivity contribution >= 4 is 0 Å². The standard InChI is InChI=1S/C10H16N2/c1-2-7-12-10-6-4-3-5-9(10)8-11/h2,9-10,12H,1,3-7H2. The fourth-order valence-corrected chi connectivity index (χ4v) is 1.76. The predicted molar refractivity (Wildman–Crippen MR) is 49.6 cm³/mol. The molecule has 0 heterocycles. The highest BCUT2D eigenvalue weighted by Gasteiger charge is 2.23. The monoisotopic (exact) mass is 164 g/mol. The second kappa shape index (κ2) is 4.95. The van der Waals surface area contributed by atoms with E-state index in [1.807, 2.05) is 6.08 Å². The Hall–Kier alpha value is -0.810. The number of hydrogen-bond donors (Lipinski definition) is 1. The molecule has 12 heavy (non-hydrogen) atoms. The first-order valence-electron chi connectivity index (χ1n) is 4.62. The lowest BCUT2D eigenvalue weighted by Gasteiger charge is -2.27. The molecule has 0 aliphatic heterocycles. The molecule has 0 saturated heterocycles. The maximum atomic E-state index is 8.84. The minimum atomic E-state index is 0.221. The summed E-state index contributed by atoms with van der Waals surface area (Å²) in [5.74, 6) is 0.221. The quantitative estimate of drug-likeness (QED) is 0.646. The molecule has 0 radical (unpaired) electrons. The first kappa shape index (κ1) is 9.28. The second-order valence-electron chi connectivity index (χ2n) is 3.32. The summed E-state index contributed by atoms with van der Waals surface area (Å²) >= 11 is 0. The van der Waals surface area contributed by atoms with E-state index in [9.17, 15) is 0 Å². The first-order chi connectivity index (χ1) is 5.88. The SMILES string of the molecule is C=CCNC1CCCCC1C#N. The molecule has 66 valence electrons. The van der Waals surface area contributed by atoms with E-state index in [1.165, 1.54) is 12.8 Å².